The van der Waals surface area contributed by atoms with Crippen molar-refractivity contribution in [2.24, 2.45) is 5.73 Å². The number of amides is 1. The molecule has 0 bridgehead atoms. The summed E-state index contributed by atoms with van der Waals surface area (Å²) < 4.78 is 5.40. The Morgan fingerprint density at radius 3 is 2.95 bits per heavy atom. The lowest BCUT2D eigenvalue weighted by molar-refractivity contribution is 0.0924. The van der Waals surface area contributed by atoms with Crippen LogP contribution < -0.4 is 11.1 Å². The van der Waals surface area contributed by atoms with Gasteiger partial charge in [-0.15, -0.1) is 0 Å². The van der Waals surface area contributed by atoms with Gasteiger partial charge in [0, 0.05) is 6.54 Å². The fourth-order valence-electron chi connectivity index (χ4n) is 2.28. The van der Waals surface area contributed by atoms with Crippen molar-refractivity contribution < 1.29 is 9.21 Å². The van der Waals surface area contributed by atoms with Gasteiger partial charge in [-0.3, -0.25) is 4.79 Å². The van der Waals surface area contributed by atoms with E-state index in [1.165, 1.54) is 31.3 Å². The molecule has 0 fully saturated rings. The van der Waals surface area contributed by atoms with Gasteiger partial charge in [0.2, 0.25) is 0 Å². The minimum absolute atomic E-state index is 0.164. The molecule has 0 aromatic carbocycles. The first-order valence-corrected chi connectivity index (χ1v) is 6.98. The van der Waals surface area contributed by atoms with Gasteiger partial charge in [0.25, 0.3) is 5.91 Å². The quantitative estimate of drug-likeness (QED) is 0.802. The molecule has 2 rings (SSSR count). The highest BCUT2D eigenvalue weighted by atomic mass is 16.4. The summed E-state index contributed by atoms with van der Waals surface area (Å²) in [5, 5.41) is 2.88. The van der Waals surface area contributed by atoms with E-state index in [0.717, 1.165) is 6.42 Å². The summed E-state index contributed by atoms with van der Waals surface area (Å²) in [4.78, 5) is 11.9. The van der Waals surface area contributed by atoms with E-state index in [-0.39, 0.29) is 11.9 Å². The van der Waals surface area contributed by atoms with Crippen LogP contribution in [-0.2, 0) is 0 Å². The number of nitrogens with two attached hydrogens (primary N) is 1. The van der Waals surface area contributed by atoms with Crippen molar-refractivity contribution in [3.05, 3.63) is 35.3 Å². The van der Waals surface area contributed by atoms with Crippen LogP contribution in [0.4, 0.5) is 0 Å². The maximum atomic E-state index is 11.9. The lowest BCUT2D eigenvalue weighted by atomic mass is 9.97. The number of hydrogen-bond donors (Lipinski definition) is 2. The van der Waals surface area contributed by atoms with E-state index >= 15 is 0 Å². The van der Waals surface area contributed by atoms with Gasteiger partial charge in [-0.05, 0) is 51.2 Å². The normalized spacial score (nSPS) is 16.8. The number of hydrogen-bond acceptors (Lipinski definition) is 3. The van der Waals surface area contributed by atoms with E-state index in [4.69, 9.17) is 10.2 Å². The Labute approximate surface area is 114 Å². The maximum Gasteiger partial charge on any atom is 0.287 e. The highest BCUT2D eigenvalue weighted by Gasteiger charge is 2.12. The molecule has 19 heavy (non-hydrogen) atoms. The van der Waals surface area contributed by atoms with Crippen LogP contribution in [0.1, 0.15) is 61.4 Å². The summed E-state index contributed by atoms with van der Waals surface area (Å²) in [6.07, 6.45) is 8.16. The molecule has 1 unspecified atom stereocenters. The summed E-state index contributed by atoms with van der Waals surface area (Å²) >= 11 is 0. The Bertz CT molecular complexity index is 460. The van der Waals surface area contributed by atoms with Crippen molar-refractivity contribution >= 4 is 5.91 Å². The SMILES string of the molecule is CC(N)c1ccc(C(=O)NCCC2=CCCCC2)o1. The van der Waals surface area contributed by atoms with Crippen LogP contribution >= 0.6 is 0 Å². The van der Waals surface area contributed by atoms with E-state index in [0.29, 0.717) is 18.1 Å². The molecule has 3 N–H and O–H groups in total. The fraction of sp³-hybridized carbons (Fsp3) is 0.533. The highest BCUT2D eigenvalue weighted by Crippen LogP contribution is 2.19. The monoisotopic (exact) mass is 262 g/mol. The summed E-state index contributed by atoms with van der Waals surface area (Å²) in [6, 6.07) is 3.24. The van der Waals surface area contributed by atoms with E-state index in [2.05, 4.69) is 11.4 Å². The number of nitrogens with one attached hydrogen (secondary N) is 1. The molecular formula is C15H22N2O2. The average Bonchev–Trinajstić information content (AvgIpc) is 2.89. The minimum Gasteiger partial charge on any atom is -0.454 e. The number of carbonyl (C=O) groups excluding carboxylic acids is 1. The van der Waals surface area contributed by atoms with Crippen molar-refractivity contribution in [3.63, 3.8) is 0 Å². The molecule has 1 amide bonds. The van der Waals surface area contributed by atoms with Gasteiger partial charge in [0.1, 0.15) is 5.76 Å². The van der Waals surface area contributed by atoms with Crippen molar-refractivity contribution in [1.82, 2.24) is 5.32 Å². The average molecular weight is 262 g/mol. The molecule has 1 aromatic rings. The zero-order valence-corrected chi connectivity index (χ0v) is 11.4. The zero-order chi connectivity index (χ0) is 13.7. The molecule has 1 heterocycles. The Balaban J connectivity index is 1.78. The number of allylic oxidation sites excluding steroid dienone is 1. The molecule has 0 saturated carbocycles. The van der Waals surface area contributed by atoms with Gasteiger partial charge in [0.15, 0.2) is 5.76 Å². The van der Waals surface area contributed by atoms with Crippen molar-refractivity contribution in [2.45, 2.75) is 45.1 Å². The van der Waals surface area contributed by atoms with Gasteiger partial charge in [-0.1, -0.05) is 11.6 Å². The minimum atomic E-state index is -0.186. The second-order valence-electron chi connectivity index (χ2n) is 5.10. The van der Waals surface area contributed by atoms with Crippen LogP contribution in [-0.4, -0.2) is 12.5 Å². The third-order valence-corrected chi connectivity index (χ3v) is 3.42. The number of rotatable bonds is 5. The van der Waals surface area contributed by atoms with Gasteiger partial charge < -0.3 is 15.5 Å². The van der Waals surface area contributed by atoms with Gasteiger partial charge in [-0.2, -0.15) is 0 Å². The molecule has 1 aromatic heterocycles. The molecule has 4 heteroatoms. The summed E-state index contributed by atoms with van der Waals surface area (Å²) in [5.41, 5.74) is 7.15. The Morgan fingerprint density at radius 1 is 1.47 bits per heavy atom. The van der Waals surface area contributed by atoms with Crippen molar-refractivity contribution in [1.29, 1.82) is 0 Å². The summed E-state index contributed by atoms with van der Waals surface area (Å²) in [5.74, 6) is 0.813. The van der Waals surface area contributed by atoms with Crippen LogP contribution in [0.5, 0.6) is 0 Å². The van der Waals surface area contributed by atoms with Crippen LogP contribution in [0.3, 0.4) is 0 Å². The molecular weight excluding hydrogens is 240 g/mol. The smallest absolute Gasteiger partial charge is 0.287 e. The molecule has 0 saturated heterocycles. The standard InChI is InChI=1S/C15H22N2O2/c1-11(16)13-7-8-14(19-13)15(18)17-10-9-12-5-3-2-4-6-12/h5,7-8,11H,2-4,6,9-10,16H2,1H3,(H,17,18). The molecule has 0 radical (unpaired) electrons. The Kier molecular flexibility index (Phi) is 4.80. The van der Waals surface area contributed by atoms with Crippen LogP contribution in [0, 0.1) is 0 Å². The molecule has 0 spiro atoms. The summed E-state index contributed by atoms with van der Waals surface area (Å²) in [6.45, 7) is 2.49. The van der Waals surface area contributed by atoms with Crippen molar-refractivity contribution in [3.8, 4) is 0 Å². The second-order valence-corrected chi connectivity index (χ2v) is 5.10. The van der Waals surface area contributed by atoms with E-state index in [1.54, 1.807) is 12.1 Å². The first kappa shape index (κ1) is 13.9. The molecule has 1 atom stereocenters. The van der Waals surface area contributed by atoms with E-state index in [1.807, 2.05) is 6.92 Å². The van der Waals surface area contributed by atoms with Gasteiger partial charge in [-0.25, -0.2) is 0 Å². The lowest BCUT2D eigenvalue weighted by Gasteiger charge is -2.12. The van der Waals surface area contributed by atoms with E-state index in [9.17, 15) is 4.79 Å². The molecule has 1 aliphatic carbocycles. The number of carbonyl (C=O) groups is 1. The van der Waals surface area contributed by atoms with Crippen LogP contribution in [0.2, 0.25) is 0 Å². The van der Waals surface area contributed by atoms with Crippen LogP contribution in [0.15, 0.2) is 28.2 Å². The maximum absolute atomic E-state index is 11.9. The molecule has 0 aliphatic heterocycles. The zero-order valence-electron chi connectivity index (χ0n) is 11.4. The van der Waals surface area contributed by atoms with E-state index < -0.39 is 0 Å². The third-order valence-electron chi connectivity index (χ3n) is 3.42. The molecule has 4 nitrogen and oxygen atoms in total. The second kappa shape index (κ2) is 6.57. The fourth-order valence-corrected chi connectivity index (χ4v) is 2.28. The Hall–Kier alpha value is -1.55. The van der Waals surface area contributed by atoms with Crippen molar-refractivity contribution in [2.75, 3.05) is 6.54 Å². The third kappa shape index (κ3) is 3.96. The first-order valence-electron chi connectivity index (χ1n) is 6.98. The highest BCUT2D eigenvalue weighted by molar-refractivity contribution is 5.91. The Morgan fingerprint density at radius 2 is 2.32 bits per heavy atom. The predicted molar refractivity (Wildman–Crippen MR) is 74.8 cm³/mol. The molecule has 104 valence electrons. The topological polar surface area (TPSA) is 68.3 Å². The van der Waals surface area contributed by atoms with Crippen LogP contribution in [0.25, 0.3) is 0 Å². The lowest BCUT2D eigenvalue weighted by Crippen LogP contribution is -2.24. The predicted octanol–water partition coefficient (Wildman–Crippen LogP) is 2.92. The first-order chi connectivity index (χ1) is 9.16. The van der Waals surface area contributed by atoms with Gasteiger partial charge >= 0.3 is 0 Å². The number of furan rings is 1. The molecule has 1 aliphatic rings. The van der Waals surface area contributed by atoms with Gasteiger partial charge in [0.05, 0.1) is 6.04 Å². The largest absolute Gasteiger partial charge is 0.454 e. The summed E-state index contributed by atoms with van der Waals surface area (Å²) in [7, 11) is 0.